The average Bonchev–Trinajstić information content (AvgIpc) is 3.36. The number of carboxylic acid groups (broad SMARTS) is 2. The number of nitrogens with one attached hydrogen (secondary N) is 3. The fourth-order valence-electron chi connectivity index (χ4n) is 4.29. The van der Waals surface area contributed by atoms with Gasteiger partial charge in [0.25, 0.3) is 11.8 Å². The van der Waals surface area contributed by atoms with E-state index in [9.17, 15) is 28.7 Å². The van der Waals surface area contributed by atoms with E-state index in [-0.39, 0.29) is 18.4 Å². The Morgan fingerprint density at radius 1 is 1.15 bits per heavy atom. The lowest BCUT2D eigenvalue weighted by Crippen LogP contribution is -2.44. The number of carbonyl (C=O) groups excluding carboxylic acids is 2. The molecule has 2 amide bonds. The summed E-state index contributed by atoms with van der Waals surface area (Å²) in [5, 5.41) is 31.4. The molecule has 1 atom stereocenters. The number of rotatable bonds is 8. The molecule has 2 aromatic rings. The number of H-pyrrole nitrogens is 1. The molecule has 13 heteroatoms. The first-order valence-electron chi connectivity index (χ1n) is 12.4. The zero-order chi connectivity index (χ0) is 29.4. The Morgan fingerprint density at radius 2 is 1.80 bits per heavy atom. The summed E-state index contributed by atoms with van der Waals surface area (Å²) < 4.78 is 19.0. The number of aliphatic carboxylic acids is 2. The fourth-order valence-corrected chi connectivity index (χ4v) is 4.29. The topological polar surface area (TPSA) is 181 Å². The van der Waals surface area contributed by atoms with Gasteiger partial charge in [-0.25, -0.2) is 14.0 Å². The molecule has 0 radical (unpaired) electrons. The van der Waals surface area contributed by atoms with Crippen LogP contribution in [0.3, 0.4) is 0 Å². The van der Waals surface area contributed by atoms with Crippen LogP contribution in [0.2, 0.25) is 0 Å². The van der Waals surface area contributed by atoms with Crippen LogP contribution in [-0.4, -0.2) is 94.5 Å². The van der Waals surface area contributed by atoms with Crippen LogP contribution in [-0.2, 0) is 19.1 Å². The summed E-state index contributed by atoms with van der Waals surface area (Å²) in [5.41, 5.74) is 3.75. The van der Waals surface area contributed by atoms with Crippen LogP contribution in [0.1, 0.15) is 32.9 Å². The van der Waals surface area contributed by atoms with Crippen LogP contribution in [0.5, 0.6) is 0 Å². The highest BCUT2D eigenvalue weighted by atomic mass is 19.1. The number of aromatic nitrogens is 1. The number of fused-ring (bicyclic) bond motifs is 1. The second-order valence-electron chi connectivity index (χ2n) is 9.15. The number of amides is 2. The summed E-state index contributed by atoms with van der Waals surface area (Å²) in [5.74, 6) is -3.57. The van der Waals surface area contributed by atoms with E-state index in [0.717, 1.165) is 13.1 Å². The van der Waals surface area contributed by atoms with Gasteiger partial charge in [0.2, 0.25) is 0 Å². The standard InChI is InChI=1S/C23H27FN4O4.C4H4O4/c1-13-20(10-18-17-9-15(24)3-4-19(17)27-22(18)30)26-14(2)21(13)23(31)25-11-16(29)12-28-5-7-32-8-6-28;5-3(6)1-2-4(7)8/h3-4,9-10,16,26,29H,5-8,11-12H2,1-2H3,(H,25,31)(H,27,30);1-2H,(H,5,6)(H,7,8)/b18-10-;/t16-;/m0./s1. The lowest BCUT2D eigenvalue weighted by atomic mass is 10.0. The molecule has 0 spiro atoms. The minimum Gasteiger partial charge on any atom is -0.478 e. The number of morpholine rings is 1. The predicted molar refractivity (Wildman–Crippen MR) is 143 cm³/mol. The van der Waals surface area contributed by atoms with Gasteiger partial charge in [0, 0.05) is 61.0 Å². The van der Waals surface area contributed by atoms with Gasteiger partial charge in [0.1, 0.15) is 5.82 Å². The third-order valence-corrected chi connectivity index (χ3v) is 6.20. The minimum absolute atomic E-state index is 0.131. The number of aliphatic hydroxyl groups is 1. The first-order chi connectivity index (χ1) is 19.0. The van der Waals surface area contributed by atoms with Crippen LogP contribution in [0, 0.1) is 19.7 Å². The van der Waals surface area contributed by atoms with Crippen LogP contribution < -0.4 is 10.6 Å². The number of β-amino-alcohol motifs (C(OH)–C–C–N with tert-alkyl or cyclic N) is 1. The molecule has 0 bridgehead atoms. The number of halogens is 1. The summed E-state index contributed by atoms with van der Waals surface area (Å²) in [6.45, 7) is 6.98. The molecule has 3 heterocycles. The molecule has 214 valence electrons. The lowest BCUT2D eigenvalue weighted by Gasteiger charge is -2.28. The third kappa shape index (κ3) is 8.09. The van der Waals surface area contributed by atoms with Gasteiger partial charge in [-0.15, -0.1) is 0 Å². The number of anilines is 1. The van der Waals surface area contributed by atoms with Crippen molar-refractivity contribution < 1.29 is 43.6 Å². The molecule has 2 aliphatic heterocycles. The molecule has 1 aromatic carbocycles. The molecular weight excluding hydrogens is 527 g/mol. The molecule has 2 aliphatic rings. The fraction of sp³-hybridized carbons (Fsp3) is 0.333. The Kier molecular flexibility index (Phi) is 10.3. The van der Waals surface area contributed by atoms with E-state index in [1.807, 2.05) is 0 Å². The van der Waals surface area contributed by atoms with E-state index in [4.69, 9.17) is 14.9 Å². The number of hydrogen-bond acceptors (Lipinski definition) is 7. The number of aliphatic hydroxyl groups excluding tert-OH is 1. The van der Waals surface area contributed by atoms with Crippen LogP contribution in [0.15, 0.2) is 30.4 Å². The first kappa shape index (κ1) is 30.2. The predicted octanol–water partition coefficient (Wildman–Crippen LogP) is 1.40. The van der Waals surface area contributed by atoms with Crippen molar-refractivity contribution in [2.75, 3.05) is 44.7 Å². The molecule has 1 aromatic heterocycles. The molecule has 0 saturated carbocycles. The number of nitrogens with zero attached hydrogens (tertiary/aromatic N) is 1. The lowest BCUT2D eigenvalue weighted by molar-refractivity contribution is -0.134. The number of aromatic amines is 1. The quantitative estimate of drug-likeness (QED) is 0.261. The van der Waals surface area contributed by atoms with E-state index in [1.165, 1.54) is 18.2 Å². The molecule has 0 aliphatic carbocycles. The number of hydrogen-bond donors (Lipinski definition) is 6. The van der Waals surface area contributed by atoms with Gasteiger partial charge in [-0.2, -0.15) is 0 Å². The van der Waals surface area contributed by atoms with Gasteiger partial charge in [-0.05, 0) is 43.7 Å². The molecule has 4 rings (SSSR count). The number of carbonyl (C=O) groups is 4. The Bertz CT molecular complexity index is 1330. The van der Waals surface area contributed by atoms with Gasteiger partial charge in [-0.1, -0.05) is 0 Å². The number of ether oxygens (including phenoxy) is 1. The van der Waals surface area contributed by atoms with Crippen molar-refractivity contribution in [2.24, 2.45) is 0 Å². The van der Waals surface area contributed by atoms with Crippen LogP contribution in [0.25, 0.3) is 11.6 Å². The molecule has 40 heavy (non-hydrogen) atoms. The summed E-state index contributed by atoms with van der Waals surface area (Å²) in [6, 6.07) is 4.13. The first-order valence-corrected chi connectivity index (χ1v) is 12.4. The molecule has 12 nitrogen and oxygen atoms in total. The van der Waals surface area contributed by atoms with Crippen molar-refractivity contribution in [3.05, 3.63) is 64.2 Å². The van der Waals surface area contributed by atoms with Gasteiger partial charge in [0.05, 0.1) is 30.5 Å². The summed E-state index contributed by atoms with van der Waals surface area (Å²) in [6.07, 6.45) is 2.06. The second kappa shape index (κ2) is 13.6. The maximum atomic E-state index is 13.7. The van der Waals surface area contributed by atoms with Gasteiger partial charge >= 0.3 is 11.9 Å². The van der Waals surface area contributed by atoms with Crippen molar-refractivity contribution in [3.63, 3.8) is 0 Å². The van der Waals surface area contributed by atoms with Crippen molar-refractivity contribution in [2.45, 2.75) is 20.0 Å². The zero-order valence-corrected chi connectivity index (χ0v) is 22.0. The van der Waals surface area contributed by atoms with E-state index in [0.29, 0.717) is 71.2 Å². The summed E-state index contributed by atoms with van der Waals surface area (Å²) in [7, 11) is 0. The Balaban J connectivity index is 0.000000482. The Hall–Kier alpha value is -4.33. The van der Waals surface area contributed by atoms with Gasteiger partial charge in [0.15, 0.2) is 0 Å². The molecule has 6 N–H and O–H groups in total. The zero-order valence-electron chi connectivity index (χ0n) is 22.0. The van der Waals surface area contributed by atoms with E-state index >= 15 is 0 Å². The van der Waals surface area contributed by atoms with Crippen molar-refractivity contribution >= 4 is 41.1 Å². The molecule has 1 fully saturated rings. The minimum atomic E-state index is -1.26. The normalized spacial score (nSPS) is 16.7. The van der Waals surface area contributed by atoms with Crippen LogP contribution in [0.4, 0.5) is 10.1 Å². The van der Waals surface area contributed by atoms with Crippen LogP contribution >= 0.6 is 0 Å². The number of benzene rings is 1. The highest BCUT2D eigenvalue weighted by Gasteiger charge is 2.26. The largest absolute Gasteiger partial charge is 0.478 e. The molecular formula is C27H31FN4O8. The smallest absolute Gasteiger partial charge is 0.328 e. The Morgan fingerprint density at radius 3 is 2.42 bits per heavy atom. The summed E-state index contributed by atoms with van der Waals surface area (Å²) >= 11 is 0. The second-order valence-corrected chi connectivity index (χ2v) is 9.15. The van der Waals surface area contributed by atoms with Crippen molar-refractivity contribution in [3.8, 4) is 0 Å². The highest BCUT2D eigenvalue weighted by molar-refractivity contribution is 6.34. The van der Waals surface area contributed by atoms with E-state index < -0.39 is 23.9 Å². The van der Waals surface area contributed by atoms with Gasteiger partial charge < -0.3 is 35.7 Å². The third-order valence-electron chi connectivity index (χ3n) is 6.20. The molecule has 0 unspecified atom stereocenters. The highest BCUT2D eigenvalue weighted by Crippen LogP contribution is 2.34. The maximum Gasteiger partial charge on any atom is 0.328 e. The molecule has 1 saturated heterocycles. The monoisotopic (exact) mass is 558 g/mol. The SMILES string of the molecule is Cc1[nH]c(/C=C2\C(=O)Nc3ccc(F)cc32)c(C)c1C(=O)NC[C@H](O)CN1CCOCC1.O=C(O)C=CC(=O)O. The maximum absolute atomic E-state index is 13.7. The van der Waals surface area contributed by atoms with Crippen molar-refractivity contribution in [1.29, 1.82) is 0 Å². The van der Waals surface area contributed by atoms with Gasteiger partial charge in [-0.3, -0.25) is 14.5 Å². The number of aryl methyl sites for hydroxylation is 1. The van der Waals surface area contributed by atoms with E-state index in [1.54, 1.807) is 19.9 Å². The van der Waals surface area contributed by atoms with Crippen molar-refractivity contribution in [1.82, 2.24) is 15.2 Å². The van der Waals surface area contributed by atoms with E-state index in [2.05, 4.69) is 20.5 Å². The Labute approximate surface area is 229 Å². The average molecular weight is 559 g/mol. The number of carboxylic acids is 2. The summed E-state index contributed by atoms with van der Waals surface area (Å²) in [4.78, 5) is 49.6.